The van der Waals surface area contributed by atoms with E-state index in [2.05, 4.69) is 148 Å². The number of hydroxylamine groups is 2. The fourth-order valence-electron chi connectivity index (χ4n) is 8.82. The average Bonchev–Trinajstić information content (AvgIpc) is 3.72. The van der Waals surface area contributed by atoms with E-state index >= 15 is 0 Å². The van der Waals surface area contributed by atoms with Gasteiger partial charge < -0.3 is 9.74 Å². The predicted molar refractivity (Wildman–Crippen MR) is 231 cm³/mol. The smallest absolute Gasteiger partial charge is 0.333 e. The number of para-hydroxylation sites is 2. The van der Waals surface area contributed by atoms with Crippen LogP contribution in [0.3, 0.4) is 0 Å². The van der Waals surface area contributed by atoms with E-state index in [1.54, 1.807) is 0 Å². The number of allylic oxidation sites excluding steroid dienone is 7. The Hall–Kier alpha value is -4.95. The number of hydrogen-bond acceptors (Lipinski definition) is 6. The molecular weight excluding hydrogens is 727 g/mol. The van der Waals surface area contributed by atoms with Crippen LogP contribution < -0.4 is 4.90 Å². The number of carbonyl (C=O) groups excluding carboxylic acids is 3. The van der Waals surface area contributed by atoms with Crippen LogP contribution in [-0.2, 0) is 36.5 Å². The fraction of sp³-hybridized carbons (Fsp3) is 0.388. The van der Waals surface area contributed by atoms with Crippen LogP contribution in [0.4, 0.5) is 11.4 Å². The number of imide groups is 1. The minimum atomic E-state index is -0.584. The zero-order chi connectivity index (χ0) is 40.3. The van der Waals surface area contributed by atoms with Gasteiger partial charge in [-0.1, -0.05) is 100 Å². The molecule has 296 valence electrons. The van der Waals surface area contributed by atoms with Gasteiger partial charge in [-0.25, -0.2) is 4.79 Å². The van der Waals surface area contributed by atoms with Crippen LogP contribution in [-0.4, -0.2) is 46.2 Å². The molecule has 0 atom stereocenters. The van der Waals surface area contributed by atoms with E-state index < -0.39 is 17.8 Å². The molecule has 3 aliphatic heterocycles. The Labute approximate surface area is 342 Å². The van der Waals surface area contributed by atoms with Crippen LogP contribution in [0.2, 0.25) is 0 Å². The van der Waals surface area contributed by atoms with Crippen molar-refractivity contribution in [1.29, 1.82) is 0 Å². The number of aryl methyl sites for hydroxylation is 1. The number of benzene rings is 3. The molecule has 57 heavy (non-hydrogen) atoms. The molecule has 8 heteroatoms. The average molecular weight is 783 g/mol. The Balaban J connectivity index is 1.21. The number of carbonyl (C=O) groups is 3. The van der Waals surface area contributed by atoms with Crippen LogP contribution in [0, 0.1) is 0 Å². The molecule has 4 aliphatic rings. The van der Waals surface area contributed by atoms with Gasteiger partial charge in [-0.15, -0.1) is 5.06 Å². The molecule has 0 unspecified atom stereocenters. The molecule has 0 radical (unpaired) electrons. The summed E-state index contributed by atoms with van der Waals surface area (Å²) in [5.41, 5.74) is 11.5. The number of hydrogen-bond donors (Lipinski definition) is 0. The Kier molecular flexibility index (Phi) is 11.9. The summed E-state index contributed by atoms with van der Waals surface area (Å²) in [5.74, 6) is -1.51. The molecule has 0 bridgehead atoms. The molecule has 0 spiro atoms. The molecule has 7 rings (SSSR count). The molecule has 3 aromatic carbocycles. The van der Waals surface area contributed by atoms with E-state index in [1.165, 1.54) is 50.0 Å². The van der Waals surface area contributed by atoms with Crippen molar-refractivity contribution in [2.75, 3.05) is 18.0 Å². The fourth-order valence-corrected chi connectivity index (χ4v) is 9.93. The molecule has 1 saturated heterocycles. The van der Waals surface area contributed by atoms with Crippen molar-refractivity contribution in [1.82, 2.24) is 5.06 Å². The van der Waals surface area contributed by atoms with Crippen molar-refractivity contribution in [2.24, 2.45) is 0 Å². The zero-order valence-corrected chi connectivity index (χ0v) is 35.2. The quantitative estimate of drug-likeness (QED) is 0.127. The number of anilines is 1. The molecule has 0 saturated carbocycles. The number of amides is 2. The molecule has 1 fully saturated rings. The second-order valence-corrected chi connectivity index (χ2v) is 17.6. The van der Waals surface area contributed by atoms with Crippen molar-refractivity contribution in [3.8, 4) is 0 Å². The van der Waals surface area contributed by atoms with E-state index in [4.69, 9.17) is 4.84 Å². The second kappa shape index (κ2) is 16.9. The third-order valence-corrected chi connectivity index (χ3v) is 13.0. The molecule has 0 N–H and O–H groups in total. The summed E-state index contributed by atoms with van der Waals surface area (Å²) in [5, 5.41) is 0.618. The molecule has 3 aromatic rings. The maximum Gasteiger partial charge on any atom is 0.333 e. The third-order valence-electron chi connectivity index (χ3n) is 11.8. The lowest BCUT2D eigenvalue weighted by molar-refractivity contribution is -0.437. The van der Waals surface area contributed by atoms with E-state index in [-0.39, 0.29) is 30.1 Å². The van der Waals surface area contributed by atoms with Crippen LogP contribution in [0.15, 0.2) is 124 Å². The first-order valence-electron chi connectivity index (χ1n) is 20.7. The number of nitrogens with zero attached hydrogens (tertiary/aromatic N) is 3. The van der Waals surface area contributed by atoms with Gasteiger partial charge in [0.25, 0.3) is 11.8 Å². The van der Waals surface area contributed by atoms with Crippen LogP contribution in [0.1, 0.15) is 110 Å². The van der Waals surface area contributed by atoms with Gasteiger partial charge in [0.15, 0.2) is 5.71 Å². The highest BCUT2D eigenvalue weighted by Gasteiger charge is 2.44. The van der Waals surface area contributed by atoms with E-state index in [0.717, 1.165) is 55.7 Å². The van der Waals surface area contributed by atoms with Gasteiger partial charge in [-0.2, -0.15) is 4.58 Å². The Morgan fingerprint density at radius 3 is 2.23 bits per heavy atom. The normalized spacial score (nSPS) is 20.1. The highest BCUT2D eigenvalue weighted by molar-refractivity contribution is 8.03. The topological polar surface area (TPSA) is 69.9 Å². The van der Waals surface area contributed by atoms with Crippen LogP contribution in [0.5, 0.6) is 0 Å². The minimum absolute atomic E-state index is 0.0779. The molecular formula is C49H56N3O4S+. The van der Waals surface area contributed by atoms with Crippen LogP contribution >= 0.6 is 11.8 Å². The summed E-state index contributed by atoms with van der Waals surface area (Å²) in [6, 6.07) is 26.1. The largest absolute Gasteiger partial charge is 0.344 e. The predicted octanol–water partition coefficient (Wildman–Crippen LogP) is 10.8. The van der Waals surface area contributed by atoms with E-state index in [1.807, 2.05) is 11.8 Å². The lowest BCUT2D eigenvalue weighted by atomic mass is 9.81. The first kappa shape index (κ1) is 40.3. The Morgan fingerprint density at radius 1 is 0.807 bits per heavy atom. The third kappa shape index (κ3) is 8.11. The lowest BCUT2D eigenvalue weighted by Crippen LogP contribution is -2.32. The van der Waals surface area contributed by atoms with E-state index in [0.29, 0.717) is 11.5 Å². The summed E-state index contributed by atoms with van der Waals surface area (Å²) in [7, 11) is 0. The van der Waals surface area contributed by atoms with Gasteiger partial charge in [-0.05, 0) is 92.5 Å². The molecule has 7 nitrogen and oxygen atoms in total. The SMILES string of the molecule is CCCN1/C(=C/C=C2\CCCC(/C=C/C3=[N+](CCC)c4ccccc4C3(C)C)=C2Sc2ccc(CCC(=O)ON3C(=O)CCC3=O)cc2)C(C)(C)c2ccccc21. The first-order chi connectivity index (χ1) is 27.4. The summed E-state index contributed by atoms with van der Waals surface area (Å²) in [6.45, 7) is 15.8. The van der Waals surface area contributed by atoms with Crippen molar-refractivity contribution in [3.05, 3.63) is 136 Å². The van der Waals surface area contributed by atoms with Crippen molar-refractivity contribution >= 4 is 46.6 Å². The number of fused-ring (bicyclic) bond motifs is 2. The zero-order valence-electron chi connectivity index (χ0n) is 34.4. The summed E-state index contributed by atoms with van der Waals surface area (Å²) in [4.78, 5) is 46.3. The van der Waals surface area contributed by atoms with Crippen LogP contribution in [0.25, 0.3) is 0 Å². The minimum Gasteiger partial charge on any atom is -0.344 e. The number of rotatable bonds is 13. The van der Waals surface area contributed by atoms with Gasteiger partial charge in [-0.3, -0.25) is 9.59 Å². The Morgan fingerprint density at radius 2 is 1.51 bits per heavy atom. The molecule has 0 aromatic heterocycles. The molecule has 2 amide bonds. The number of thioether (sulfide) groups is 1. The summed E-state index contributed by atoms with van der Waals surface area (Å²) >= 11 is 1.82. The lowest BCUT2D eigenvalue weighted by Gasteiger charge is -2.27. The maximum absolute atomic E-state index is 12.5. The van der Waals surface area contributed by atoms with Gasteiger partial charge >= 0.3 is 5.97 Å². The van der Waals surface area contributed by atoms with Crippen molar-refractivity contribution < 1.29 is 23.8 Å². The monoisotopic (exact) mass is 782 g/mol. The highest BCUT2D eigenvalue weighted by atomic mass is 32.2. The van der Waals surface area contributed by atoms with Crippen molar-refractivity contribution in [2.45, 2.75) is 115 Å². The standard InChI is InChI=1S/C49H56N3O4S/c1-7-32-50-40-18-11-9-16-38(40)48(3,4)42(50)27-23-35-14-13-15-36(24-28-43-49(5,6)39-17-10-12-19-41(39)51(43)33-8-2)47(35)57-37-25-20-34(21-26-37)22-31-46(55)56-52-44(53)29-30-45(52)54/h9-12,16-21,23-28H,7-8,13-15,22,29-33H2,1-6H3/q+1. The summed E-state index contributed by atoms with van der Waals surface area (Å²) in [6.07, 6.45) is 15.5. The first-order valence-corrected chi connectivity index (χ1v) is 21.5. The second-order valence-electron chi connectivity index (χ2n) is 16.5. The molecule has 3 heterocycles. The van der Waals surface area contributed by atoms with Gasteiger partial charge in [0, 0.05) is 70.1 Å². The molecule has 1 aliphatic carbocycles. The van der Waals surface area contributed by atoms with E-state index in [9.17, 15) is 14.4 Å². The maximum atomic E-state index is 12.5. The van der Waals surface area contributed by atoms with Gasteiger partial charge in [0.1, 0.15) is 6.54 Å². The highest BCUT2D eigenvalue weighted by Crippen LogP contribution is 2.49. The van der Waals surface area contributed by atoms with Gasteiger partial charge in [0.2, 0.25) is 5.69 Å². The Bertz CT molecular complexity index is 2210. The summed E-state index contributed by atoms with van der Waals surface area (Å²) < 4.78 is 2.51. The van der Waals surface area contributed by atoms with Crippen molar-refractivity contribution in [3.63, 3.8) is 0 Å². The van der Waals surface area contributed by atoms with Gasteiger partial charge in [0.05, 0.1) is 11.8 Å².